The molecule has 9 heavy (non-hydrogen) atoms. The molecular formula is C4H5N2O2S. The number of rotatable bonds is 2. The number of carboxylic acid groups (broad SMARTS) is 1. The van der Waals surface area contributed by atoms with Crippen LogP contribution in [-0.4, -0.2) is 16.6 Å². The zero-order chi connectivity index (χ0) is 6.69. The van der Waals surface area contributed by atoms with Crippen LogP contribution < -0.4 is 4.72 Å². The molecule has 0 unspecified atom stereocenters. The maximum atomic E-state index is 10.0. The van der Waals surface area contributed by atoms with Gasteiger partial charge in [0.2, 0.25) is 0 Å². The second kappa shape index (κ2) is 2.84. The predicted molar refractivity (Wildman–Crippen MR) is 34.7 cm³/mol. The molecule has 1 radical (unpaired) electrons. The van der Waals surface area contributed by atoms with Crippen molar-refractivity contribution in [2.75, 3.05) is 0 Å². The van der Waals surface area contributed by atoms with Crippen LogP contribution in [0.25, 0.3) is 0 Å². The highest BCUT2D eigenvalue weighted by atomic mass is 32.2. The molecule has 4 nitrogen and oxygen atoms in total. The standard InChI is InChI=1S/C4H5N2O2S/c7-4(8)1-3-5-2-9-6-3/h2,6H,1H2,(H,7,8). The van der Waals surface area contributed by atoms with Gasteiger partial charge >= 0.3 is 5.97 Å². The average molecular weight is 145 g/mol. The van der Waals surface area contributed by atoms with E-state index in [0.29, 0.717) is 6.17 Å². The zero-order valence-electron chi connectivity index (χ0n) is 4.50. The van der Waals surface area contributed by atoms with Crippen molar-refractivity contribution in [2.24, 2.45) is 4.99 Å². The number of carbonyl (C=O) groups is 1. The highest BCUT2D eigenvalue weighted by Crippen LogP contribution is 2.13. The Balaban J connectivity index is 2.28. The third kappa shape index (κ3) is 2.03. The van der Waals surface area contributed by atoms with Crippen LogP contribution in [0.4, 0.5) is 0 Å². The number of hydrogen-bond donors (Lipinski definition) is 2. The number of nitrogens with one attached hydrogen (secondary N) is 1. The summed E-state index contributed by atoms with van der Waals surface area (Å²) in [5.74, 6) is -0.864. The maximum Gasteiger partial charge on any atom is 0.307 e. The number of hydrogen-bond acceptors (Lipinski definition) is 4. The Morgan fingerprint density at radius 1 is 2.00 bits per heavy atom. The van der Waals surface area contributed by atoms with Gasteiger partial charge in [0.1, 0.15) is 0 Å². The molecule has 0 aromatic heterocycles. The largest absolute Gasteiger partial charge is 0.481 e. The second-order valence-electron chi connectivity index (χ2n) is 1.47. The van der Waals surface area contributed by atoms with Crippen molar-refractivity contribution < 1.29 is 9.90 Å². The summed E-state index contributed by atoms with van der Waals surface area (Å²) in [7, 11) is 0. The Kier molecular flexibility index (Phi) is 2.07. The van der Waals surface area contributed by atoms with Crippen molar-refractivity contribution in [3.05, 3.63) is 6.17 Å². The molecule has 0 aromatic carbocycles. The van der Waals surface area contributed by atoms with E-state index in [1.807, 2.05) is 0 Å². The average Bonchev–Trinajstić information content (AvgIpc) is 2.15. The van der Waals surface area contributed by atoms with Crippen LogP contribution in [0.3, 0.4) is 0 Å². The van der Waals surface area contributed by atoms with E-state index in [-0.39, 0.29) is 6.42 Å². The summed E-state index contributed by atoms with van der Waals surface area (Å²) in [6, 6.07) is 0. The van der Waals surface area contributed by atoms with Crippen LogP contribution in [0.1, 0.15) is 6.42 Å². The van der Waals surface area contributed by atoms with E-state index >= 15 is 0 Å². The SMILES string of the molecule is O=C(O)C[C]1N=CSN1. The van der Waals surface area contributed by atoms with Gasteiger partial charge in [-0.3, -0.25) is 9.79 Å². The first-order chi connectivity index (χ1) is 4.29. The van der Waals surface area contributed by atoms with Gasteiger partial charge in [0.15, 0.2) is 6.17 Å². The monoisotopic (exact) mass is 145 g/mol. The van der Waals surface area contributed by atoms with E-state index in [1.165, 1.54) is 11.9 Å². The summed E-state index contributed by atoms with van der Waals surface area (Å²) in [4.78, 5) is 13.7. The van der Waals surface area contributed by atoms with E-state index in [1.54, 1.807) is 5.55 Å². The molecular weight excluding hydrogens is 140 g/mol. The van der Waals surface area contributed by atoms with Crippen LogP contribution in [0.15, 0.2) is 4.99 Å². The maximum absolute atomic E-state index is 10.0. The molecule has 0 aromatic rings. The van der Waals surface area contributed by atoms with Gasteiger partial charge in [-0.1, -0.05) is 0 Å². The Hall–Kier alpha value is -0.550. The first-order valence-corrected chi connectivity index (χ1v) is 3.19. The molecule has 0 saturated heterocycles. The Labute approximate surface area is 56.5 Å². The molecule has 1 aliphatic heterocycles. The molecule has 1 aliphatic rings. The zero-order valence-corrected chi connectivity index (χ0v) is 5.31. The Morgan fingerprint density at radius 2 is 2.78 bits per heavy atom. The minimum absolute atomic E-state index is 0.0243. The number of nitrogens with zero attached hydrogens (tertiary/aromatic N) is 1. The number of aliphatic imine (C=N–C) groups is 1. The summed E-state index contributed by atoms with van der Waals surface area (Å²) in [5, 5.41) is 8.23. The van der Waals surface area contributed by atoms with E-state index in [9.17, 15) is 4.79 Å². The van der Waals surface area contributed by atoms with Crippen molar-refractivity contribution in [3.63, 3.8) is 0 Å². The van der Waals surface area contributed by atoms with Gasteiger partial charge in [0.25, 0.3) is 0 Å². The van der Waals surface area contributed by atoms with Gasteiger partial charge in [0.05, 0.1) is 12.0 Å². The molecule has 0 bridgehead atoms. The first kappa shape index (κ1) is 6.57. The number of carboxylic acids is 1. The lowest BCUT2D eigenvalue weighted by molar-refractivity contribution is -0.136. The molecule has 0 fully saturated rings. The fourth-order valence-corrected chi connectivity index (χ4v) is 0.929. The third-order valence-corrected chi connectivity index (χ3v) is 1.32. The predicted octanol–water partition coefficient (Wildman–Crippen LogP) is 0.230. The van der Waals surface area contributed by atoms with Crippen molar-refractivity contribution in [1.29, 1.82) is 0 Å². The van der Waals surface area contributed by atoms with Crippen LogP contribution in [-0.2, 0) is 4.79 Å². The normalized spacial score (nSPS) is 18.7. The van der Waals surface area contributed by atoms with Gasteiger partial charge in [-0.15, -0.1) is 0 Å². The van der Waals surface area contributed by atoms with E-state index in [4.69, 9.17) is 5.11 Å². The first-order valence-electron chi connectivity index (χ1n) is 2.31. The van der Waals surface area contributed by atoms with Crippen molar-refractivity contribution >= 4 is 23.5 Å². The topological polar surface area (TPSA) is 61.7 Å². The third-order valence-electron chi connectivity index (χ3n) is 0.757. The molecule has 1 heterocycles. The smallest absolute Gasteiger partial charge is 0.307 e. The summed E-state index contributed by atoms with van der Waals surface area (Å²) >= 11 is 1.28. The molecule has 5 heteroatoms. The molecule has 49 valence electrons. The van der Waals surface area contributed by atoms with E-state index in [2.05, 4.69) is 9.71 Å². The van der Waals surface area contributed by atoms with Crippen LogP contribution in [0.2, 0.25) is 0 Å². The van der Waals surface area contributed by atoms with Crippen molar-refractivity contribution in [3.8, 4) is 0 Å². The van der Waals surface area contributed by atoms with Crippen LogP contribution in [0, 0.1) is 6.17 Å². The second-order valence-corrected chi connectivity index (χ2v) is 2.12. The lowest BCUT2D eigenvalue weighted by atomic mass is 10.4. The molecule has 0 atom stereocenters. The highest BCUT2D eigenvalue weighted by molar-refractivity contribution is 8.10. The van der Waals surface area contributed by atoms with Crippen LogP contribution in [0.5, 0.6) is 0 Å². The summed E-state index contributed by atoms with van der Waals surface area (Å²) in [6.45, 7) is 0. The molecule has 0 saturated carbocycles. The molecule has 0 aliphatic carbocycles. The van der Waals surface area contributed by atoms with Gasteiger partial charge in [0, 0.05) is 0 Å². The molecule has 0 amide bonds. The minimum Gasteiger partial charge on any atom is -0.481 e. The lowest BCUT2D eigenvalue weighted by Gasteiger charge is -1.98. The van der Waals surface area contributed by atoms with Gasteiger partial charge in [-0.05, 0) is 11.9 Å². The molecule has 0 spiro atoms. The van der Waals surface area contributed by atoms with Gasteiger partial charge in [-0.25, -0.2) is 4.72 Å². The molecule has 2 N–H and O–H groups in total. The summed E-state index contributed by atoms with van der Waals surface area (Å²) < 4.78 is 2.72. The summed E-state index contributed by atoms with van der Waals surface area (Å²) in [6.07, 6.45) is 0.483. The molecule has 1 rings (SSSR count). The quantitative estimate of drug-likeness (QED) is 0.546. The van der Waals surface area contributed by atoms with Crippen LogP contribution >= 0.6 is 11.9 Å². The van der Waals surface area contributed by atoms with E-state index < -0.39 is 5.97 Å². The van der Waals surface area contributed by atoms with Crippen molar-refractivity contribution in [1.82, 2.24) is 4.72 Å². The lowest BCUT2D eigenvalue weighted by Crippen LogP contribution is -2.11. The fourth-order valence-electron chi connectivity index (χ4n) is 0.436. The number of aliphatic carboxylic acids is 1. The highest BCUT2D eigenvalue weighted by Gasteiger charge is 2.14. The van der Waals surface area contributed by atoms with Gasteiger partial charge in [-0.2, -0.15) is 0 Å². The van der Waals surface area contributed by atoms with Gasteiger partial charge < -0.3 is 5.11 Å². The Bertz CT molecular complexity index is 148. The summed E-state index contributed by atoms with van der Waals surface area (Å²) in [5.41, 5.74) is 1.57. The fraction of sp³-hybridized carbons (Fsp3) is 0.250. The minimum atomic E-state index is -0.864. The Morgan fingerprint density at radius 3 is 3.22 bits per heavy atom. The van der Waals surface area contributed by atoms with E-state index in [0.717, 1.165) is 0 Å². The van der Waals surface area contributed by atoms with Crippen molar-refractivity contribution in [2.45, 2.75) is 6.42 Å².